The first-order valence-electron chi connectivity index (χ1n) is 4.65. The van der Waals surface area contributed by atoms with Crippen molar-refractivity contribution in [1.29, 1.82) is 0 Å². The maximum atomic E-state index is 5.53. The Hall–Kier alpha value is -0.970. The molecule has 0 saturated carbocycles. The molecule has 14 heavy (non-hydrogen) atoms. The smallest absolute Gasteiger partial charge is 0.225 e. The second kappa shape index (κ2) is 4.04. The SMILES string of the molecule is CN(c1ncc(N)cn1)C1CCSC1. The molecule has 0 bridgehead atoms. The zero-order valence-corrected chi connectivity index (χ0v) is 9.00. The van der Waals surface area contributed by atoms with Gasteiger partial charge < -0.3 is 10.6 Å². The molecule has 5 heteroatoms. The van der Waals surface area contributed by atoms with Crippen LogP contribution in [0.4, 0.5) is 11.6 Å². The van der Waals surface area contributed by atoms with Gasteiger partial charge >= 0.3 is 0 Å². The van der Waals surface area contributed by atoms with Crippen LogP contribution in [0.3, 0.4) is 0 Å². The molecule has 4 nitrogen and oxygen atoms in total. The lowest BCUT2D eigenvalue weighted by Crippen LogP contribution is -2.32. The molecular weight excluding hydrogens is 196 g/mol. The minimum Gasteiger partial charge on any atom is -0.396 e. The summed E-state index contributed by atoms with van der Waals surface area (Å²) in [6.45, 7) is 0. The van der Waals surface area contributed by atoms with E-state index >= 15 is 0 Å². The lowest BCUT2D eigenvalue weighted by molar-refractivity contribution is 0.681. The Morgan fingerprint density at radius 1 is 1.50 bits per heavy atom. The number of anilines is 2. The number of aromatic nitrogens is 2. The maximum absolute atomic E-state index is 5.53. The Morgan fingerprint density at radius 3 is 2.79 bits per heavy atom. The predicted octanol–water partition coefficient (Wildman–Crippen LogP) is 1.00. The highest BCUT2D eigenvalue weighted by atomic mass is 32.2. The fraction of sp³-hybridized carbons (Fsp3) is 0.556. The van der Waals surface area contributed by atoms with Crippen LogP contribution >= 0.6 is 11.8 Å². The summed E-state index contributed by atoms with van der Waals surface area (Å²) >= 11 is 1.99. The normalized spacial score (nSPS) is 21.1. The van der Waals surface area contributed by atoms with Crippen LogP contribution in [-0.2, 0) is 0 Å². The van der Waals surface area contributed by atoms with Crippen LogP contribution in [0, 0.1) is 0 Å². The van der Waals surface area contributed by atoms with Crippen molar-refractivity contribution in [3.05, 3.63) is 12.4 Å². The van der Waals surface area contributed by atoms with E-state index in [9.17, 15) is 0 Å². The zero-order valence-electron chi connectivity index (χ0n) is 8.18. The fourth-order valence-electron chi connectivity index (χ4n) is 1.50. The maximum Gasteiger partial charge on any atom is 0.225 e. The molecule has 1 saturated heterocycles. The highest BCUT2D eigenvalue weighted by Gasteiger charge is 2.21. The van der Waals surface area contributed by atoms with Crippen LogP contribution in [0.5, 0.6) is 0 Å². The lowest BCUT2D eigenvalue weighted by Gasteiger charge is -2.23. The summed E-state index contributed by atoms with van der Waals surface area (Å²) in [5.41, 5.74) is 6.15. The molecule has 0 spiro atoms. The molecule has 2 heterocycles. The van der Waals surface area contributed by atoms with Crippen LogP contribution < -0.4 is 10.6 Å². The Bertz CT molecular complexity index is 294. The lowest BCUT2D eigenvalue weighted by atomic mass is 10.2. The largest absolute Gasteiger partial charge is 0.396 e. The first kappa shape index (κ1) is 9.58. The minimum absolute atomic E-state index is 0.573. The van der Waals surface area contributed by atoms with E-state index in [0.717, 1.165) is 5.95 Å². The van der Waals surface area contributed by atoms with Gasteiger partial charge in [-0.2, -0.15) is 11.8 Å². The monoisotopic (exact) mass is 210 g/mol. The summed E-state index contributed by atoms with van der Waals surface area (Å²) in [5.74, 6) is 3.18. The fourth-order valence-corrected chi connectivity index (χ4v) is 2.77. The van der Waals surface area contributed by atoms with Gasteiger partial charge in [-0.3, -0.25) is 0 Å². The van der Waals surface area contributed by atoms with Crippen molar-refractivity contribution in [2.75, 3.05) is 29.2 Å². The molecule has 76 valence electrons. The quantitative estimate of drug-likeness (QED) is 0.789. The minimum atomic E-state index is 0.573. The Morgan fingerprint density at radius 2 is 2.21 bits per heavy atom. The van der Waals surface area contributed by atoms with Crippen LogP contribution in [0.25, 0.3) is 0 Å². The zero-order chi connectivity index (χ0) is 9.97. The third kappa shape index (κ3) is 1.92. The predicted molar refractivity (Wildman–Crippen MR) is 60.6 cm³/mol. The van der Waals surface area contributed by atoms with Crippen LogP contribution in [-0.4, -0.2) is 34.6 Å². The van der Waals surface area contributed by atoms with E-state index in [1.165, 1.54) is 17.9 Å². The van der Waals surface area contributed by atoms with Crippen molar-refractivity contribution < 1.29 is 0 Å². The third-order valence-corrected chi connectivity index (χ3v) is 3.57. The molecule has 1 atom stereocenters. The molecule has 1 aliphatic heterocycles. The number of hydrogen-bond acceptors (Lipinski definition) is 5. The van der Waals surface area contributed by atoms with Gasteiger partial charge in [-0.25, -0.2) is 9.97 Å². The van der Waals surface area contributed by atoms with Crippen molar-refractivity contribution in [1.82, 2.24) is 9.97 Å². The Labute approximate surface area is 87.9 Å². The van der Waals surface area contributed by atoms with Crippen molar-refractivity contribution >= 4 is 23.4 Å². The van der Waals surface area contributed by atoms with Crippen molar-refractivity contribution in [2.45, 2.75) is 12.5 Å². The number of nitrogen functional groups attached to an aromatic ring is 1. The number of hydrogen-bond donors (Lipinski definition) is 1. The molecule has 1 fully saturated rings. The second-order valence-electron chi connectivity index (χ2n) is 3.44. The molecule has 1 aliphatic rings. The van der Waals surface area contributed by atoms with E-state index in [-0.39, 0.29) is 0 Å². The Balaban J connectivity index is 2.09. The average molecular weight is 210 g/mol. The Kier molecular flexibility index (Phi) is 2.77. The highest BCUT2D eigenvalue weighted by Crippen LogP contribution is 2.23. The van der Waals surface area contributed by atoms with Gasteiger partial charge in [-0.1, -0.05) is 0 Å². The van der Waals surface area contributed by atoms with Crippen molar-refractivity contribution in [2.24, 2.45) is 0 Å². The van der Waals surface area contributed by atoms with E-state index in [0.29, 0.717) is 11.7 Å². The molecule has 0 aromatic carbocycles. The van der Waals surface area contributed by atoms with Crippen molar-refractivity contribution in [3.8, 4) is 0 Å². The molecule has 0 aliphatic carbocycles. The van der Waals surface area contributed by atoms with Gasteiger partial charge in [0, 0.05) is 18.8 Å². The number of thioether (sulfide) groups is 1. The van der Waals surface area contributed by atoms with Gasteiger partial charge in [0.1, 0.15) is 0 Å². The van der Waals surface area contributed by atoms with Gasteiger partial charge in [-0.15, -0.1) is 0 Å². The number of rotatable bonds is 2. The topological polar surface area (TPSA) is 55.0 Å². The molecule has 1 aromatic heterocycles. The third-order valence-electron chi connectivity index (χ3n) is 2.43. The molecule has 0 amide bonds. The summed E-state index contributed by atoms with van der Waals surface area (Å²) in [5, 5.41) is 0. The van der Waals surface area contributed by atoms with E-state index < -0.39 is 0 Å². The molecule has 1 aromatic rings. The molecule has 2 rings (SSSR count). The summed E-state index contributed by atoms with van der Waals surface area (Å²) < 4.78 is 0. The second-order valence-corrected chi connectivity index (χ2v) is 4.59. The van der Waals surface area contributed by atoms with E-state index in [1.807, 2.05) is 18.8 Å². The van der Waals surface area contributed by atoms with Gasteiger partial charge in [0.25, 0.3) is 0 Å². The standard InChI is InChI=1S/C9H14N4S/c1-13(8-2-3-14-6-8)9-11-4-7(10)5-12-9/h4-5,8H,2-3,6,10H2,1H3. The molecular formula is C9H14N4S. The number of nitrogens with two attached hydrogens (primary N) is 1. The van der Waals surface area contributed by atoms with E-state index in [4.69, 9.17) is 5.73 Å². The molecule has 2 N–H and O–H groups in total. The molecule has 1 unspecified atom stereocenters. The van der Waals surface area contributed by atoms with Crippen LogP contribution in [0.1, 0.15) is 6.42 Å². The summed E-state index contributed by atoms with van der Waals surface area (Å²) in [6, 6.07) is 0.573. The van der Waals surface area contributed by atoms with Crippen LogP contribution in [0.15, 0.2) is 12.4 Å². The van der Waals surface area contributed by atoms with E-state index in [2.05, 4.69) is 14.9 Å². The van der Waals surface area contributed by atoms with Crippen LogP contribution in [0.2, 0.25) is 0 Å². The van der Waals surface area contributed by atoms with E-state index in [1.54, 1.807) is 12.4 Å². The summed E-state index contributed by atoms with van der Waals surface area (Å²) in [7, 11) is 2.04. The van der Waals surface area contributed by atoms with Gasteiger partial charge in [0.15, 0.2) is 0 Å². The summed E-state index contributed by atoms with van der Waals surface area (Å²) in [6.07, 6.45) is 4.52. The van der Waals surface area contributed by atoms with Gasteiger partial charge in [-0.05, 0) is 12.2 Å². The van der Waals surface area contributed by atoms with Gasteiger partial charge in [0.2, 0.25) is 5.95 Å². The molecule has 0 radical (unpaired) electrons. The van der Waals surface area contributed by atoms with Crippen molar-refractivity contribution in [3.63, 3.8) is 0 Å². The first-order chi connectivity index (χ1) is 6.77. The summed E-state index contributed by atoms with van der Waals surface area (Å²) in [4.78, 5) is 10.5. The number of nitrogens with zero attached hydrogens (tertiary/aromatic N) is 3. The average Bonchev–Trinajstić information content (AvgIpc) is 2.71. The first-order valence-corrected chi connectivity index (χ1v) is 5.81. The van der Waals surface area contributed by atoms with Gasteiger partial charge in [0.05, 0.1) is 18.1 Å². The highest BCUT2D eigenvalue weighted by molar-refractivity contribution is 7.99.